The molecule has 0 aliphatic carbocycles. The van der Waals surface area contributed by atoms with Crippen LogP contribution in [0.25, 0.3) is 0 Å². The Morgan fingerprint density at radius 2 is 1.07 bits per heavy atom. The Labute approximate surface area is 172 Å². The highest BCUT2D eigenvalue weighted by Crippen LogP contribution is 1.97. The van der Waals surface area contributed by atoms with Crippen LogP contribution in [0.5, 0.6) is 0 Å². The Kier molecular flexibility index (Phi) is 8.22. The van der Waals surface area contributed by atoms with E-state index < -0.39 is 0 Å². The minimum absolute atomic E-state index is 0.0907. The maximum atomic E-state index is 12.3. The van der Waals surface area contributed by atoms with Crippen LogP contribution in [-0.4, -0.2) is 51.1 Å². The molecule has 2 amide bonds. The van der Waals surface area contributed by atoms with Gasteiger partial charge in [0.2, 0.25) is 0 Å². The van der Waals surface area contributed by atoms with E-state index in [1.54, 1.807) is 0 Å². The van der Waals surface area contributed by atoms with E-state index >= 15 is 0 Å². The Bertz CT molecular complexity index is 701. The molecule has 3 rings (SSSR count). The molecular formula is C23H32N4O2+2. The second-order valence-corrected chi connectivity index (χ2v) is 7.73. The molecule has 2 aromatic rings. The lowest BCUT2D eigenvalue weighted by Gasteiger charge is -2.17. The molecule has 0 aromatic heterocycles. The summed E-state index contributed by atoms with van der Waals surface area (Å²) in [6, 6.07) is 19.9. The average molecular weight is 397 g/mol. The molecule has 0 bridgehead atoms. The molecule has 0 saturated carbocycles. The predicted octanol–water partition coefficient (Wildman–Crippen LogP) is -1.21. The van der Waals surface area contributed by atoms with E-state index in [4.69, 9.17) is 0 Å². The fourth-order valence-corrected chi connectivity index (χ4v) is 3.72. The fourth-order valence-electron chi connectivity index (χ4n) is 3.72. The van der Waals surface area contributed by atoms with Gasteiger partial charge in [0, 0.05) is 19.5 Å². The number of hydrogen-bond donors (Lipinski definition) is 4. The van der Waals surface area contributed by atoms with Crippen molar-refractivity contribution < 1.29 is 19.4 Å². The van der Waals surface area contributed by atoms with E-state index in [0.717, 1.165) is 43.7 Å². The third-order valence-electron chi connectivity index (χ3n) is 5.38. The number of carbonyl (C=O) groups is 2. The van der Waals surface area contributed by atoms with Crippen LogP contribution in [0.2, 0.25) is 0 Å². The van der Waals surface area contributed by atoms with Crippen LogP contribution >= 0.6 is 0 Å². The molecule has 154 valence electrons. The van der Waals surface area contributed by atoms with Crippen LogP contribution in [0.1, 0.15) is 17.5 Å². The summed E-state index contributed by atoms with van der Waals surface area (Å²) in [4.78, 5) is 27.1. The minimum Gasteiger partial charge on any atom is -0.347 e. The van der Waals surface area contributed by atoms with Gasteiger partial charge in [0.15, 0.2) is 13.1 Å². The molecule has 1 aliphatic heterocycles. The summed E-state index contributed by atoms with van der Waals surface area (Å²) in [5.74, 6) is 0.181. The highest BCUT2D eigenvalue weighted by Gasteiger charge is 2.23. The topological polar surface area (TPSA) is 67.1 Å². The largest absolute Gasteiger partial charge is 0.347 e. The van der Waals surface area contributed by atoms with Crippen molar-refractivity contribution in [3.05, 3.63) is 71.8 Å². The van der Waals surface area contributed by atoms with Crippen molar-refractivity contribution >= 4 is 11.8 Å². The summed E-state index contributed by atoms with van der Waals surface area (Å²) in [5.41, 5.74) is 2.23. The van der Waals surface area contributed by atoms with Gasteiger partial charge < -0.3 is 20.4 Å². The number of carbonyl (C=O) groups excluding carboxylic acids is 2. The van der Waals surface area contributed by atoms with E-state index in [-0.39, 0.29) is 11.8 Å². The van der Waals surface area contributed by atoms with Crippen LogP contribution in [0, 0.1) is 0 Å². The monoisotopic (exact) mass is 396 g/mol. The zero-order chi connectivity index (χ0) is 20.3. The number of nitrogens with one attached hydrogen (secondary N) is 4. The normalized spacial score (nSPS) is 19.2. The Morgan fingerprint density at radius 3 is 1.48 bits per heavy atom. The molecule has 29 heavy (non-hydrogen) atoms. The lowest BCUT2D eigenvalue weighted by molar-refractivity contribution is -0.930. The van der Waals surface area contributed by atoms with Crippen molar-refractivity contribution in [3.63, 3.8) is 0 Å². The molecule has 1 heterocycles. The molecular weight excluding hydrogens is 364 g/mol. The number of hydrogen-bond acceptors (Lipinski definition) is 2. The second-order valence-electron chi connectivity index (χ2n) is 7.73. The highest BCUT2D eigenvalue weighted by molar-refractivity contribution is 5.77. The smallest absolute Gasteiger partial charge is 0.275 e. The lowest BCUT2D eigenvalue weighted by Crippen LogP contribution is -3.18. The Hall–Kier alpha value is -2.70. The Balaban J connectivity index is 1.35. The van der Waals surface area contributed by atoms with Crippen molar-refractivity contribution in [2.75, 3.05) is 39.3 Å². The van der Waals surface area contributed by atoms with Crippen LogP contribution < -0.4 is 20.4 Å². The van der Waals surface area contributed by atoms with Crippen molar-refractivity contribution in [1.29, 1.82) is 0 Å². The first kappa shape index (κ1) is 21.0. The molecule has 1 saturated heterocycles. The maximum Gasteiger partial charge on any atom is 0.275 e. The van der Waals surface area contributed by atoms with Gasteiger partial charge in [0.25, 0.3) is 11.8 Å². The van der Waals surface area contributed by atoms with Gasteiger partial charge in [-0.3, -0.25) is 9.59 Å². The van der Waals surface area contributed by atoms with Crippen LogP contribution in [0.15, 0.2) is 60.7 Å². The molecule has 0 spiro atoms. The average Bonchev–Trinajstić information content (AvgIpc) is 2.97. The minimum atomic E-state index is 0.0907. The molecule has 1 aliphatic rings. The van der Waals surface area contributed by atoms with E-state index in [1.165, 1.54) is 9.80 Å². The number of quaternary nitrogens is 2. The standard InChI is InChI=1S/C23H30N4O2/c28-22(24-16-20-8-3-1-4-9-20)18-26-12-7-13-27(15-14-26)19-23(29)25-17-21-10-5-2-6-11-21/h1-6,8-11H,7,12-19H2,(H,24,28)(H,25,29)/p+2. The van der Waals surface area contributed by atoms with E-state index in [0.29, 0.717) is 26.2 Å². The van der Waals surface area contributed by atoms with Gasteiger partial charge in [0.05, 0.1) is 13.1 Å². The third kappa shape index (κ3) is 7.68. The van der Waals surface area contributed by atoms with Gasteiger partial charge in [-0.15, -0.1) is 0 Å². The molecule has 6 heteroatoms. The summed E-state index contributed by atoms with van der Waals surface area (Å²) in [6.07, 6.45) is 1.03. The quantitative estimate of drug-likeness (QED) is 0.453. The zero-order valence-corrected chi connectivity index (χ0v) is 17.0. The first-order chi connectivity index (χ1) is 14.2. The van der Waals surface area contributed by atoms with Crippen LogP contribution in [0.4, 0.5) is 0 Å². The molecule has 0 radical (unpaired) electrons. The summed E-state index contributed by atoms with van der Waals surface area (Å²) in [7, 11) is 0. The maximum absolute atomic E-state index is 12.3. The van der Waals surface area contributed by atoms with Crippen molar-refractivity contribution in [1.82, 2.24) is 10.6 Å². The first-order valence-corrected chi connectivity index (χ1v) is 10.5. The summed E-state index contributed by atoms with van der Waals surface area (Å²) >= 11 is 0. The molecule has 2 atom stereocenters. The highest BCUT2D eigenvalue weighted by atomic mass is 16.2. The fraction of sp³-hybridized carbons (Fsp3) is 0.391. The summed E-state index contributed by atoms with van der Waals surface area (Å²) in [5, 5.41) is 6.02. The Morgan fingerprint density at radius 1 is 0.655 bits per heavy atom. The van der Waals surface area contributed by atoms with E-state index in [1.807, 2.05) is 60.7 Å². The number of amides is 2. The number of rotatable bonds is 8. The van der Waals surface area contributed by atoms with E-state index in [2.05, 4.69) is 10.6 Å². The van der Waals surface area contributed by atoms with Gasteiger partial charge >= 0.3 is 0 Å². The molecule has 2 aromatic carbocycles. The number of benzene rings is 2. The van der Waals surface area contributed by atoms with Gasteiger partial charge in [-0.1, -0.05) is 60.7 Å². The summed E-state index contributed by atoms with van der Waals surface area (Å²) < 4.78 is 0. The van der Waals surface area contributed by atoms with Crippen molar-refractivity contribution in [2.24, 2.45) is 0 Å². The van der Waals surface area contributed by atoms with Crippen LogP contribution in [0.3, 0.4) is 0 Å². The van der Waals surface area contributed by atoms with Gasteiger partial charge in [-0.05, 0) is 11.1 Å². The molecule has 4 N–H and O–H groups in total. The lowest BCUT2D eigenvalue weighted by atomic mass is 10.2. The van der Waals surface area contributed by atoms with Gasteiger partial charge in [-0.2, -0.15) is 0 Å². The molecule has 6 nitrogen and oxygen atoms in total. The predicted molar refractivity (Wildman–Crippen MR) is 112 cm³/mol. The van der Waals surface area contributed by atoms with Crippen molar-refractivity contribution in [2.45, 2.75) is 19.5 Å². The summed E-state index contributed by atoms with van der Waals surface area (Å²) in [6.45, 7) is 5.94. The zero-order valence-electron chi connectivity index (χ0n) is 17.0. The molecule has 1 fully saturated rings. The van der Waals surface area contributed by atoms with Crippen molar-refractivity contribution in [3.8, 4) is 0 Å². The van der Waals surface area contributed by atoms with Gasteiger partial charge in [0.1, 0.15) is 13.1 Å². The first-order valence-electron chi connectivity index (χ1n) is 10.5. The van der Waals surface area contributed by atoms with Crippen LogP contribution in [-0.2, 0) is 22.7 Å². The molecule has 2 unspecified atom stereocenters. The third-order valence-corrected chi connectivity index (χ3v) is 5.38. The second kappa shape index (κ2) is 11.3. The SMILES string of the molecule is O=C(C[NH+]1CCC[NH+](CC(=O)NCc2ccccc2)CC1)NCc1ccccc1. The van der Waals surface area contributed by atoms with E-state index in [9.17, 15) is 9.59 Å². The van der Waals surface area contributed by atoms with Gasteiger partial charge in [-0.25, -0.2) is 0 Å².